The van der Waals surface area contributed by atoms with Gasteiger partial charge < -0.3 is 15.4 Å². The Morgan fingerprint density at radius 1 is 1.29 bits per heavy atom. The average Bonchev–Trinajstić information content (AvgIpc) is 3.22. The number of para-hydroxylation sites is 2. The molecule has 2 heterocycles. The van der Waals surface area contributed by atoms with Crippen LogP contribution in [0.25, 0.3) is 11.1 Å². The van der Waals surface area contributed by atoms with Gasteiger partial charge in [-0.3, -0.25) is 9.59 Å². The SMILES string of the molecule is COc1ccccc1NC(=O)CC1C(=O)Nc2c(-c3cccc(Cl)c3)cnn21. The lowest BCUT2D eigenvalue weighted by Crippen LogP contribution is -2.23. The summed E-state index contributed by atoms with van der Waals surface area (Å²) in [5.74, 6) is 0.524. The van der Waals surface area contributed by atoms with Crippen LogP contribution in [0.15, 0.2) is 54.7 Å². The molecule has 1 aromatic heterocycles. The molecule has 0 fully saturated rings. The van der Waals surface area contributed by atoms with Gasteiger partial charge in [0.15, 0.2) is 0 Å². The van der Waals surface area contributed by atoms with E-state index in [1.165, 1.54) is 7.11 Å². The molecule has 2 amide bonds. The number of amides is 2. The number of halogens is 1. The summed E-state index contributed by atoms with van der Waals surface area (Å²) in [5.41, 5.74) is 2.14. The van der Waals surface area contributed by atoms with Crippen molar-refractivity contribution < 1.29 is 14.3 Å². The predicted molar refractivity (Wildman–Crippen MR) is 107 cm³/mol. The third-order valence-corrected chi connectivity index (χ3v) is 4.77. The first-order valence-electron chi connectivity index (χ1n) is 8.64. The van der Waals surface area contributed by atoms with Gasteiger partial charge in [0, 0.05) is 10.6 Å². The minimum absolute atomic E-state index is 0.0481. The summed E-state index contributed by atoms with van der Waals surface area (Å²) in [7, 11) is 1.53. The zero-order valence-corrected chi connectivity index (χ0v) is 15.7. The Kier molecular flexibility index (Phi) is 4.75. The molecule has 1 aliphatic heterocycles. The van der Waals surface area contributed by atoms with Crippen molar-refractivity contribution in [3.8, 4) is 16.9 Å². The number of methoxy groups -OCH3 is 1. The Hall–Kier alpha value is -3.32. The molecule has 0 spiro atoms. The molecule has 4 rings (SSSR count). The molecule has 1 atom stereocenters. The van der Waals surface area contributed by atoms with Crippen LogP contribution in [0.2, 0.25) is 5.02 Å². The highest BCUT2D eigenvalue weighted by atomic mass is 35.5. The molecule has 7 nitrogen and oxygen atoms in total. The minimum Gasteiger partial charge on any atom is -0.495 e. The van der Waals surface area contributed by atoms with E-state index in [-0.39, 0.29) is 18.2 Å². The van der Waals surface area contributed by atoms with Crippen LogP contribution in [0, 0.1) is 0 Å². The number of hydrogen-bond donors (Lipinski definition) is 2. The van der Waals surface area contributed by atoms with Crippen LogP contribution < -0.4 is 15.4 Å². The fourth-order valence-electron chi connectivity index (χ4n) is 3.21. The van der Waals surface area contributed by atoms with Crippen molar-refractivity contribution in [2.24, 2.45) is 0 Å². The molecule has 0 saturated carbocycles. The molecule has 0 saturated heterocycles. The molecule has 142 valence electrons. The van der Waals surface area contributed by atoms with Crippen LogP contribution in [0.5, 0.6) is 5.75 Å². The van der Waals surface area contributed by atoms with Crippen molar-refractivity contribution in [1.29, 1.82) is 0 Å². The normalized spacial score (nSPS) is 15.1. The minimum atomic E-state index is -0.724. The standard InChI is InChI=1S/C20H17ClN4O3/c1-28-17-8-3-2-7-15(17)23-18(26)10-16-20(27)24-19-14(11-22-25(16)19)12-5-4-6-13(21)9-12/h2-9,11,16H,10H2,1H3,(H,23,26)(H,24,27). The van der Waals surface area contributed by atoms with Crippen LogP contribution >= 0.6 is 11.6 Å². The molecule has 0 bridgehead atoms. The molecule has 1 unspecified atom stereocenters. The van der Waals surface area contributed by atoms with E-state index >= 15 is 0 Å². The average molecular weight is 397 g/mol. The molecule has 8 heteroatoms. The maximum absolute atomic E-state index is 12.5. The predicted octanol–water partition coefficient (Wildman–Crippen LogP) is 3.73. The van der Waals surface area contributed by atoms with E-state index in [1.807, 2.05) is 18.2 Å². The molecule has 2 N–H and O–H groups in total. The van der Waals surface area contributed by atoms with Gasteiger partial charge in [0.2, 0.25) is 5.91 Å². The molecule has 2 aromatic carbocycles. The third-order valence-electron chi connectivity index (χ3n) is 4.53. The number of ether oxygens (including phenoxy) is 1. The van der Waals surface area contributed by atoms with E-state index in [0.29, 0.717) is 22.3 Å². The largest absolute Gasteiger partial charge is 0.495 e. The number of anilines is 2. The van der Waals surface area contributed by atoms with Gasteiger partial charge in [-0.2, -0.15) is 5.10 Å². The summed E-state index contributed by atoms with van der Waals surface area (Å²) >= 11 is 6.06. The highest BCUT2D eigenvalue weighted by Gasteiger charge is 2.35. The molecule has 28 heavy (non-hydrogen) atoms. The van der Waals surface area contributed by atoms with E-state index in [9.17, 15) is 9.59 Å². The smallest absolute Gasteiger partial charge is 0.251 e. The lowest BCUT2D eigenvalue weighted by atomic mass is 10.1. The van der Waals surface area contributed by atoms with Crippen LogP contribution in [-0.2, 0) is 9.59 Å². The van der Waals surface area contributed by atoms with Crippen LogP contribution in [0.4, 0.5) is 11.5 Å². The molecule has 0 radical (unpaired) electrons. The number of benzene rings is 2. The van der Waals surface area contributed by atoms with E-state index in [4.69, 9.17) is 16.3 Å². The van der Waals surface area contributed by atoms with Crippen molar-refractivity contribution in [2.75, 3.05) is 17.7 Å². The number of fused-ring (bicyclic) bond motifs is 1. The number of aromatic nitrogens is 2. The molecular weight excluding hydrogens is 380 g/mol. The topological polar surface area (TPSA) is 85.2 Å². The summed E-state index contributed by atoms with van der Waals surface area (Å²) in [4.78, 5) is 25.0. The zero-order chi connectivity index (χ0) is 19.7. The molecule has 1 aliphatic rings. The summed E-state index contributed by atoms with van der Waals surface area (Å²) in [5, 5.41) is 10.5. The highest BCUT2D eigenvalue weighted by molar-refractivity contribution is 6.30. The number of rotatable bonds is 5. The quantitative estimate of drug-likeness (QED) is 0.688. The third kappa shape index (κ3) is 3.32. The van der Waals surface area contributed by atoms with E-state index in [1.54, 1.807) is 41.2 Å². The van der Waals surface area contributed by atoms with E-state index < -0.39 is 6.04 Å². The van der Waals surface area contributed by atoms with E-state index in [2.05, 4.69) is 15.7 Å². The maximum atomic E-state index is 12.5. The first-order chi connectivity index (χ1) is 13.6. The van der Waals surface area contributed by atoms with Gasteiger partial charge in [0.05, 0.1) is 25.4 Å². The van der Waals surface area contributed by atoms with Crippen molar-refractivity contribution in [3.63, 3.8) is 0 Å². The maximum Gasteiger partial charge on any atom is 0.251 e. The molecule has 0 aliphatic carbocycles. The van der Waals surface area contributed by atoms with Gasteiger partial charge in [0.1, 0.15) is 17.6 Å². The number of nitrogens with one attached hydrogen (secondary N) is 2. The van der Waals surface area contributed by atoms with Crippen molar-refractivity contribution >= 4 is 34.9 Å². The van der Waals surface area contributed by atoms with Gasteiger partial charge in [-0.15, -0.1) is 0 Å². The van der Waals surface area contributed by atoms with Crippen LogP contribution in [0.3, 0.4) is 0 Å². The molecule has 3 aromatic rings. The summed E-state index contributed by atoms with van der Waals surface area (Å²) in [6.07, 6.45) is 1.61. The van der Waals surface area contributed by atoms with Gasteiger partial charge in [-0.25, -0.2) is 4.68 Å². The lowest BCUT2D eigenvalue weighted by molar-refractivity contribution is -0.123. The Morgan fingerprint density at radius 3 is 2.89 bits per heavy atom. The number of carbonyl (C=O) groups excluding carboxylic acids is 2. The fourth-order valence-corrected chi connectivity index (χ4v) is 3.40. The van der Waals surface area contributed by atoms with Gasteiger partial charge >= 0.3 is 0 Å². The zero-order valence-electron chi connectivity index (χ0n) is 15.0. The number of carbonyl (C=O) groups is 2. The fraction of sp³-hybridized carbons (Fsp3) is 0.150. The Labute approximate surface area is 166 Å². The summed E-state index contributed by atoms with van der Waals surface area (Å²) in [6.45, 7) is 0. The second-order valence-corrected chi connectivity index (χ2v) is 6.76. The number of nitrogens with zero attached hydrogens (tertiary/aromatic N) is 2. The van der Waals surface area contributed by atoms with Crippen molar-refractivity contribution in [3.05, 3.63) is 59.8 Å². The van der Waals surface area contributed by atoms with E-state index in [0.717, 1.165) is 11.1 Å². The Balaban J connectivity index is 1.55. The monoisotopic (exact) mass is 396 g/mol. The van der Waals surface area contributed by atoms with Crippen LogP contribution in [0.1, 0.15) is 12.5 Å². The van der Waals surface area contributed by atoms with Gasteiger partial charge in [-0.05, 0) is 29.8 Å². The van der Waals surface area contributed by atoms with Crippen molar-refractivity contribution in [1.82, 2.24) is 9.78 Å². The van der Waals surface area contributed by atoms with Gasteiger partial charge in [-0.1, -0.05) is 35.9 Å². The lowest BCUT2D eigenvalue weighted by Gasteiger charge is -2.12. The Morgan fingerprint density at radius 2 is 2.11 bits per heavy atom. The summed E-state index contributed by atoms with van der Waals surface area (Å²) < 4.78 is 6.78. The first kappa shape index (κ1) is 18.1. The van der Waals surface area contributed by atoms with Gasteiger partial charge in [0.25, 0.3) is 5.91 Å². The van der Waals surface area contributed by atoms with Crippen LogP contribution in [-0.4, -0.2) is 28.7 Å². The number of hydrogen-bond acceptors (Lipinski definition) is 4. The second-order valence-electron chi connectivity index (χ2n) is 6.32. The molecular formula is C20H17ClN4O3. The highest BCUT2D eigenvalue weighted by Crippen LogP contribution is 2.36. The summed E-state index contributed by atoms with van der Waals surface area (Å²) in [6, 6.07) is 13.7. The second kappa shape index (κ2) is 7.36. The Bertz CT molecular complexity index is 1060. The van der Waals surface area contributed by atoms with Crippen molar-refractivity contribution in [2.45, 2.75) is 12.5 Å². The first-order valence-corrected chi connectivity index (χ1v) is 9.02.